The molecular formula is C10H14N4. The lowest BCUT2D eigenvalue weighted by Gasteiger charge is -2.16. The molecule has 4 heteroatoms. The zero-order chi connectivity index (χ0) is 10.1. The Labute approximate surface area is 83.2 Å². The van der Waals surface area contributed by atoms with Crippen LogP contribution >= 0.6 is 0 Å². The Morgan fingerprint density at radius 3 is 1.71 bits per heavy atom. The van der Waals surface area contributed by atoms with E-state index in [0.29, 0.717) is 0 Å². The third-order valence-electron chi connectivity index (χ3n) is 2.44. The number of aromatic nitrogens is 4. The van der Waals surface area contributed by atoms with E-state index in [4.69, 9.17) is 0 Å². The highest BCUT2D eigenvalue weighted by Gasteiger charge is 2.11. The zero-order valence-electron chi connectivity index (χ0n) is 8.68. The average Bonchev–Trinajstić information content (AvgIpc) is 2.73. The fraction of sp³-hybridized carbons (Fsp3) is 0.400. The minimum absolute atomic E-state index is 0.139. The van der Waals surface area contributed by atoms with E-state index in [1.807, 2.05) is 47.7 Å². The van der Waals surface area contributed by atoms with E-state index in [1.54, 1.807) is 0 Å². The van der Waals surface area contributed by atoms with Gasteiger partial charge >= 0.3 is 0 Å². The minimum Gasteiger partial charge on any atom is -0.245 e. The van der Waals surface area contributed by atoms with Gasteiger partial charge < -0.3 is 0 Å². The van der Waals surface area contributed by atoms with Gasteiger partial charge in [0.25, 0.3) is 0 Å². The molecule has 0 amide bonds. The molecule has 0 aliphatic rings. The first-order valence-electron chi connectivity index (χ1n) is 4.70. The Morgan fingerprint density at radius 2 is 1.43 bits per heavy atom. The van der Waals surface area contributed by atoms with Crippen LogP contribution in [0.15, 0.2) is 24.5 Å². The van der Waals surface area contributed by atoms with Gasteiger partial charge in [-0.2, -0.15) is 10.2 Å². The molecule has 0 atom stereocenters. The Morgan fingerprint density at radius 1 is 1.00 bits per heavy atom. The van der Waals surface area contributed by atoms with Crippen molar-refractivity contribution in [3.63, 3.8) is 0 Å². The lowest BCUT2D eigenvalue weighted by molar-refractivity contribution is 0.377. The summed E-state index contributed by atoms with van der Waals surface area (Å²) in [4.78, 5) is 0. The van der Waals surface area contributed by atoms with Crippen molar-refractivity contribution in [3.8, 4) is 0 Å². The second kappa shape index (κ2) is 3.29. The Balaban J connectivity index is 2.38. The second-order valence-electron chi connectivity index (χ2n) is 3.47. The molecule has 2 heterocycles. The normalized spacial score (nSPS) is 11.1. The molecule has 0 spiro atoms. The maximum Gasteiger partial charge on any atom is 0.141 e. The Bertz CT molecular complexity index is 387. The topological polar surface area (TPSA) is 35.6 Å². The van der Waals surface area contributed by atoms with Crippen LogP contribution in [0.2, 0.25) is 0 Å². The first-order valence-corrected chi connectivity index (χ1v) is 4.70. The van der Waals surface area contributed by atoms with E-state index in [9.17, 15) is 0 Å². The van der Waals surface area contributed by atoms with Gasteiger partial charge in [-0.3, -0.25) is 0 Å². The molecule has 0 saturated carbocycles. The molecule has 14 heavy (non-hydrogen) atoms. The van der Waals surface area contributed by atoms with Crippen molar-refractivity contribution in [2.45, 2.75) is 26.9 Å². The molecule has 0 unspecified atom stereocenters. The van der Waals surface area contributed by atoms with Gasteiger partial charge in [0.15, 0.2) is 0 Å². The highest BCUT2D eigenvalue weighted by molar-refractivity contribution is 5.02. The number of hydrogen-bond donors (Lipinski definition) is 0. The maximum atomic E-state index is 4.27. The fourth-order valence-corrected chi connectivity index (χ4v) is 1.65. The van der Waals surface area contributed by atoms with Crippen molar-refractivity contribution in [2.75, 3.05) is 0 Å². The number of hydrogen-bond acceptors (Lipinski definition) is 2. The molecule has 74 valence electrons. The highest BCUT2D eigenvalue weighted by Crippen LogP contribution is 2.12. The third-order valence-corrected chi connectivity index (χ3v) is 2.44. The van der Waals surface area contributed by atoms with Crippen LogP contribution in [-0.4, -0.2) is 19.6 Å². The smallest absolute Gasteiger partial charge is 0.141 e. The summed E-state index contributed by atoms with van der Waals surface area (Å²) in [6.45, 7) is 6.17. The van der Waals surface area contributed by atoms with E-state index in [0.717, 1.165) is 11.4 Å². The zero-order valence-corrected chi connectivity index (χ0v) is 8.68. The van der Waals surface area contributed by atoms with E-state index in [-0.39, 0.29) is 6.17 Å². The van der Waals surface area contributed by atoms with E-state index in [2.05, 4.69) is 17.1 Å². The van der Waals surface area contributed by atoms with Crippen LogP contribution in [0.3, 0.4) is 0 Å². The lowest BCUT2D eigenvalue weighted by atomic mass is 10.4. The summed E-state index contributed by atoms with van der Waals surface area (Å²) in [5, 5.41) is 8.54. The number of aryl methyl sites for hydroxylation is 2. The molecule has 0 N–H and O–H groups in total. The van der Waals surface area contributed by atoms with Crippen LogP contribution in [0.4, 0.5) is 0 Å². The second-order valence-corrected chi connectivity index (χ2v) is 3.47. The van der Waals surface area contributed by atoms with Crippen LogP contribution in [0.1, 0.15) is 24.5 Å². The highest BCUT2D eigenvalue weighted by atomic mass is 15.4. The summed E-state index contributed by atoms with van der Waals surface area (Å²) < 4.78 is 3.92. The predicted molar refractivity (Wildman–Crippen MR) is 54.0 cm³/mol. The Hall–Kier alpha value is -1.58. The van der Waals surface area contributed by atoms with Crippen LogP contribution in [0.25, 0.3) is 0 Å². The molecule has 0 aliphatic heterocycles. The molecule has 0 fully saturated rings. The predicted octanol–water partition coefficient (Wildman–Crippen LogP) is 1.76. The molecule has 0 aromatic carbocycles. The first-order chi connectivity index (χ1) is 6.70. The van der Waals surface area contributed by atoms with Crippen molar-refractivity contribution in [3.05, 3.63) is 35.9 Å². The van der Waals surface area contributed by atoms with Gasteiger partial charge in [0.05, 0.1) is 0 Å². The first kappa shape index (κ1) is 8.99. The monoisotopic (exact) mass is 190 g/mol. The molecule has 2 aromatic rings. The van der Waals surface area contributed by atoms with Gasteiger partial charge in [0.1, 0.15) is 6.17 Å². The molecular weight excluding hydrogens is 176 g/mol. The molecule has 0 bridgehead atoms. The third kappa shape index (κ3) is 1.32. The van der Waals surface area contributed by atoms with Crippen molar-refractivity contribution in [2.24, 2.45) is 0 Å². The largest absolute Gasteiger partial charge is 0.245 e. The number of nitrogens with zero attached hydrogens (tertiary/aromatic N) is 4. The van der Waals surface area contributed by atoms with E-state index >= 15 is 0 Å². The summed E-state index contributed by atoms with van der Waals surface area (Å²) >= 11 is 0. The summed E-state index contributed by atoms with van der Waals surface area (Å²) in [7, 11) is 0. The van der Waals surface area contributed by atoms with Crippen LogP contribution in [0.5, 0.6) is 0 Å². The average molecular weight is 190 g/mol. The van der Waals surface area contributed by atoms with Crippen molar-refractivity contribution >= 4 is 0 Å². The van der Waals surface area contributed by atoms with Crippen molar-refractivity contribution in [1.82, 2.24) is 19.6 Å². The summed E-state index contributed by atoms with van der Waals surface area (Å²) in [6.07, 6.45) is 3.76. The van der Waals surface area contributed by atoms with E-state index in [1.165, 1.54) is 0 Å². The van der Waals surface area contributed by atoms with Crippen molar-refractivity contribution in [1.29, 1.82) is 0 Å². The van der Waals surface area contributed by atoms with Crippen LogP contribution in [0, 0.1) is 13.8 Å². The molecule has 0 aliphatic carbocycles. The SMILES string of the molecule is Cc1ccnn1C(C)n1nccc1C. The quantitative estimate of drug-likeness (QED) is 0.723. The molecule has 2 aromatic heterocycles. The molecule has 4 nitrogen and oxygen atoms in total. The summed E-state index contributed by atoms with van der Waals surface area (Å²) in [5.74, 6) is 0. The van der Waals surface area contributed by atoms with Gasteiger partial charge in [-0.25, -0.2) is 9.36 Å². The van der Waals surface area contributed by atoms with Gasteiger partial charge in [0.2, 0.25) is 0 Å². The van der Waals surface area contributed by atoms with Crippen LogP contribution < -0.4 is 0 Å². The van der Waals surface area contributed by atoms with Gasteiger partial charge in [-0.05, 0) is 32.9 Å². The van der Waals surface area contributed by atoms with Crippen LogP contribution in [-0.2, 0) is 0 Å². The molecule has 0 radical (unpaired) electrons. The van der Waals surface area contributed by atoms with Gasteiger partial charge in [0, 0.05) is 23.8 Å². The van der Waals surface area contributed by atoms with Crippen molar-refractivity contribution < 1.29 is 0 Å². The maximum absolute atomic E-state index is 4.27. The lowest BCUT2D eigenvalue weighted by Crippen LogP contribution is -2.19. The summed E-state index contributed by atoms with van der Waals surface area (Å²) in [5.41, 5.74) is 2.29. The van der Waals surface area contributed by atoms with E-state index < -0.39 is 0 Å². The standard InChI is InChI=1S/C10H14N4/c1-8-4-6-11-13(8)10(3)14-9(2)5-7-12-14/h4-7,10H,1-3H3. The summed E-state index contributed by atoms with van der Waals surface area (Å²) in [6, 6.07) is 3.99. The molecule has 2 rings (SSSR count). The van der Waals surface area contributed by atoms with Gasteiger partial charge in [-0.15, -0.1) is 0 Å². The molecule has 0 saturated heterocycles. The number of rotatable bonds is 2. The van der Waals surface area contributed by atoms with Gasteiger partial charge in [-0.1, -0.05) is 0 Å². The minimum atomic E-state index is 0.139. The fourth-order valence-electron chi connectivity index (χ4n) is 1.65. The Kier molecular flexibility index (Phi) is 2.11.